The van der Waals surface area contributed by atoms with Gasteiger partial charge in [0.25, 0.3) is 0 Å². The molecule has 0 saturated carbocycles. The van der Waals surface area contributed by atoms with Gasteiger partial charge >= 0.3 is 0 Å². The van der Waals surface area contributed by atoms with Gasteiger partial charge in [0.05, 0.1) is 4.90 Å². The van der Waals surface area contributed by atoms with Crippen molar-refractivity contribution in [1.29, 1.82) is 0 Å². The molecule has 2 aromatic carbocycles. The molecule has 0 heterocycles. The van der Waals surface area contributed by atoms with E-state index >= 15 is 0 Å². The van der Waals surface area contributed by atoms with Gasteiger partial charge in [-0.3, -0.25) is 0 Å². The van der Waals surface area contributed by atoms with E-state index in [0.717, 1.165) is 5.56 Å². The Morgan fingerprint density at radius 1 is 1.00 bits per heavy atom. The second kappa shape index (κ2) is 9.39. The van der Waals surface area contributed by atoms with Crippen molar-refractivity contribution in [2.45, 2.75) is 17.9 Å². The van der Waals surface area contributed by atoms with Crippen LogP contribution in [0.15, 0.2) is 64.0 Å². The second-order valence-electron chi connectivity index (χ2n) is 4.90. The molecule has 2 rings (SSSR count). The quantitative estimate of drug-likeness (QED) is 0.748. The zero-order valence-electron chi connectivity index (χ0n) is 12.6. The summed E-state index contributed by atoms with van der Waals surface area (Å²) in [5.41, 5.74) is 6.51. The van der Waals surface area contributed by atoms with Gasteiger partial charge in [-0.25, -0.2) is 8.42 Å². The van der Waals surface area contributed by atoms with E-state index < -0.39 is 10.0 Å². The van der Waals surface area contributed by atoms with E-state index in [1.54, 1.807) is 24.3 Å². The normalized spacial score (nSPS) is 11.3. The monoisotopic (exact) mass is 418 g/mol. The van der Waals surface area contributed by atoms with E-state index in [2.05, 4.69) is 15.9 Å². The number of rotatable bonds is 7. The van der Waals surface area contributed by atoms with Crippen LogP contribution in [0.1, 0.15) is 12.0 Å². The maximum atomic E-state index is 12.9. The third kappa shape index (κ3) is 5.29. The van der Waals surface area contributed by atoms with E-state index in [9.17, 15) is 8.42 Å². The maximum absolute atomic E-state index is 12.9. The Morgan fingerprint density at radius 3 is 2.22 bits per heavy atom. The summed E-state index contributed by atoms with van der Waals surface area (Å²) in [7, 11) is -3.57. The lowest BCUT2D eigenvalue weighted by Crippen LogP contribution is -2.32. The van der Waals surface area contributed by atoms with Gasteiger partial charge in [-0.15, -0.1) is 12.4 Å². The van der Waals surface area contributed by atoms with Gasteiger partial charge in [-0.1, -0.05) is 42.5 Å². The lowest BCUT2D eigenvalue weighted by atomic mass is 10.2. The molecule has 23 heavy (non-hydrogen) atoms. The van der Waals surface area contributed by atoms with Crippen LogP contribution in [-0.4, -0.2) is 25.8 Å². The molecule has 4 nitrogen and oxygen atoms in total. The van der Waals surface area contributed by atoms with Crippen LogP contribution in [-0.2, 0) is 16.6 Å². The van der Waals surface area contributed by atoms with Crippen molar-refractivity contribution < 1.29 is 8.42 Å². The topological polar surface area (TPSA) is 63.4 Å². The minimum absolute atomic E-state index is 0. The van der Waals surface area contributed by atoms with Crippen LogP contribution in [0.25, 0.3) is 0 Å². The second-order valence-corrected chi connectivity index (χ2v) is 7.66. The van der Waals surface area contributed by atoms with Crippen LogP contribution in [0.2, 0.25) is 0 Å². The van der Waals surface area contributed by atoms with Crippen molar-refractivity contribution in [2.75, 3.05) is 13.1 Å². The fourth-order valence-corrected chi connectivity index (χ4v) is 4.56. The first-order valence-electron chi connectivity index (χ1n) is 7.04. The van der Waals surface area contributed by atoms with Gasteiger partial charge in [0, 0.05) is 17.6 Å². The zero-order valence-corrected chi connectivity index (χ0v) is 15.8. The fraction of sp³-hybridized carbons (Fsp3) is 0.250. The van der Waals surface area contributed by atoms with Crippen molar-refractivity contribution in [1.82, 2.24) is 4.31 Å². The average Bonchev–Trinajstić information content (AvgIpc) is 2.52. The highest BCUT2D eigenvalue weighted by atomic mass is 79.9. The van der Waals surface area contributed by atoms with Crippen molar-refractivity contribution in [3.63, 3.8) is 0 Å². The smallest absolute Gasteiger partial charge is 0.244 e. The van der Waals surface area contributed by atoms with E-state index in [4.69, 9.17) is 5.73 Å². The summed E-state index contributed by atoms with van der Waals surface area (Å²) >= 11 is 3.32. The predicted octanol–water partition coefficient (Wildman–Crippen LogP) is 3.41. The Hall–Kier alpha value is -0.920. The van der Waals surface area contributed by atoms with E-state index in [1.807, 2.05) is 30.3 Å². The first-order valence-corrected chi connectivity index (χ1v) is 9.27. The van der Waals surface area contributed by atoms with Crippen molar-refractivity contribution in [3.8, 4) is 0 Å². The molecule has 0 aliphatic carbocycles. The molecule has 126 valence electrons. The van der Waals surface area contributed by atoms with Gasteiger partial charge in [0.1, 0.15) is 0 Å². The zero-order chi connectivity index (χ0) is 16.0. The molecule has 0 amide bonds. The van der Waals surface area contributed by atoms with Crippen molar-refractivity contribution in [3.05, 3.63) is 64.6 Å². The number of halogens is 2. The lowest BCUT2D eigenvalue weighted by molar-refractivity contribution is 0.401. The van der Waals surface area contributed by atoms with Crippen LogP contribution in [0.3, 0.4) is 0 Å². The third-order valence-corrected chi connectivity index (χ3v) is 6.13. The molecule has 7 heteroatoms. The van der Waals surface area contributed by atoms with Crippen LogP contribution < -0.4 is 5.73 Å². The molecule has 0 fully saturated rings. The molecule has 2 N–H and O–H groups in total. The summed E-state index contributed by atoms with van der Waals surface area (Å²) in [4.78, 5) is 0.281. The number of benzene rings is 2. The number of sulfonamides is 1. The van der Waals surface area contributed by atoms with Gasteiger partial charge in [0.15, 0.2) is 0 Å². The standard InChI is InChI=1S/C16H19BrN2O2S.ClH/c17-15-9-4-5-10-16(15)22(20,21)19(12-6-11-18)13-14-7-2-1-3-8-14;/h1-5,7-10H,6,11-13,18H2;1H. The Balaban J connectivity index is 0.00000264. The summed E-state index contributed by atoms with van der Waals surface area (Å²) in [6.45, 7) is 1.19. The van der Waals surface area contributed by atoms with Crippen molar-refractivity contribution in [2.24, 2.45) is 5.73 Å². The number of nitrogens with two attached hydrogens (primary N) is 1. The van der Waals surface area contributed by atoms with E-state index in [-0.39, 0.29) is 17.3 Å². The Kier molecular flexibility index (Phi) is 8.22. The van der Waals surface area contributed by atoms with E-state index in [0.29, 0.717) is 30.5 Å². The minimum atomic E-state index is -3.57. The maximum Gasteiger partial charge on any atom is 0.244 e. The SMILES string of the molecule is Cl.NCCCN(Cc1ccccc1)S(=O)(=O)c1ccccc1Br. The Morgan fingerprint density at radius 2 is 1.61 bits per heavy atom. The lowest BCUT2D eigenvalue weighted by Gasteiger charge is -2.22. The molecule has 0 bridgehead atoms. The molecule has 0 atom stereocenters. The molecule has 0 aliphatic heterocycles. The highest BCUT2D eigenvalue weighted by molar-refractivity contribution is 9.10. The van der Waals surface area contributed by atoms with Crippen LogP contribution in [0.4, 0.5) is 0 Å². The highest BCUT2D eigenvalue weighted by Gasteiger charge is 2.26. The number of nitrogens with zero attached hydrogens (tertiary/aromatic N) is 1. The van der Waals surface area contributed by atoms with Crippen LogP contribution in [0, 0.1) is 0 Å². The predicted molar refractivity (Wildman–Crippen MR) is 99.1 cm³/mol. The third-order valence-electron chi connectivity index (χ3n) is 3.27. The van der Waals surface area contributed by atoms with E-state index in [1.165, 1.54) is 4.31 Å². The number of hydrogen-bond donors (Lipinski definition) is 1. The molecule has 0 saturated heterocycles. The Bertz CT molecular complexity index is 711. The van der Waals surface area contributed by atoms with Crippen LogP contribution >= 0.6 is 28.3 Å². The summed E-state index contributed by atoms with van der Waals surface area (Å²) < 4.78 is 27.9. The molecule has 0 unspecified atom stereocenters. The number of hydrogen-bond acceptors (Lipinski definition) is 3. The summed E-state index contributed by atoms with van der Waals surface area (Å²) in [6.07, 6.45) is 0.622. The Labute approximate surface area is 152 Å². The molecule has 0 aromatic heterocycles. The van der Waals surface area contributed by atoms with Gasteiger partial charge in [-0.05, 0) is 46.6 Å². The van der Waals surface area contributed by atoms with Gasteiger partial charge in [-0.2, -0.15) is 4.31 Å². The van der Waals surface area contributed by atoms with Crippen LogP contribution in [0.5, 0.6) is 0 Å². The molecular weight excluding hydrogens is 400 g/mol. The molecule has 0 aliphatic rings. The molecule has 2 aromatic rings. The van der Waals surface area contributed by atoms with Crippen molar-refractivity contribution >= 4 is 38.4 Å². The van der Waals surface area contributed by atoms with Gasteiger partial charge < -0.3 is 5.73 Å². The highest BCUT2D eigenvalue weighted by Crippen LogP contribution is 2.26. The van der Waals surface area contributed by atoms with Gasteiger partial charge in [0.2, 0.25) is 10.0 Å². The fourth-order valence-electron chi connectivity index (χ4n) is 2.13. The molecule has 0 radical (unpaired) electrons. The molecular formula is C16H20BrClN2O2S. The summed E-state index contributed by atoms with van der Waals surface area (Å²) in [5, 5.41) is 0. The average molecular weight is 420 g/mol. The largest absolute Gasteiger partial charge is 0.330 e. The summed E-state index contributed by atoms with van der Waals surface area (Å²) in [6, 6.07) is 16.4. The minimum Gasteiger partial charge on any atom is -0.330 e. The molecule has 0 spiro atoms. The first-order chi connectivity index (χ1) is 10.6. The first kappa shape index (κ1) is 20.1. The summed E-state index contributed by atoms with van der Waals surface area (Å²) in [5.74, 6) is 0.